The van der Waals surface area contributed by atoms with Crippen LogP contribution in [-0.2, 0) is 6.61 Å². The van der Waals surface area contributed by atoms with Gasteiger partial charge in [0.25, 0.3) is 11.8 Å². The Labute approximate surface area is 199 Å². The highest BCUT2D eigenvalue weighted by molar-refractivity contribution is 7.09. The van der Waals surface area contributed by atoms with Crippen molar-refractivity contribution in [1.29, 1.82) is 0 Å². The Bertz CT molecular complexity index is 1150. The van der Waals surface area contributed by atoms with Gasteiger partial charge >= 0.3 is 6.61 Å². The summed E-state index contributed by atoms with van der Waals surface area (Å²) in [6.45, 7) is 0.540. The van der Waals surface area contributed by atoms with Gasteiger partial charge < -0.3 is 19.3 Å². The maximum Gasteiger partial charge on any atom is 0.387 e. The number of nitrogens with zero attached hydrogens (tertiary/aromatic N) is 3. The van der Waals surface area contributed by atoms with E-state index in [0.29, 0.717) is 44.1 Å². The normalized spacial score (nSPS) is 13.8. The van der Waals surface area contributed by atoms with Gasteiger partial charge in [0.1, 0.15) is 18.1 Å². The fourth-order valence-electron chi connectivity index (χ4n) is 3.63. The molecule has 7 nitrogen and oxygen atoms in total. The van der Waals surface area contributed by atoms with Crippen LogP contribution in [0.5, 0.6) is 11.5 Å². The second kappa shape index (κ2) is 10.6. The van der Waals surface area contributed by atoms with Crippen molar-refractivity contribution in [3.8, 4) is 11.5 Å². The van der Waals surface area contributed by atoms with E-state index in [4.69, 9.17) is 4.74 Å². The number of hydrogen-bond donors (Lipinski definition) is 0. The topological polar surface area (TPSA) is 72.0 Å². The molecule has 2 aromatic carbocycles. The number of thiazole rings is 1. The van der Waals surface area contributed by atoms with Crippen LogP contribution in [0, 0.1) is 6.92 Å². The summed E-state index contributed by atoms with van der Waals surface area (Å²) in [6, 6.07) is 12.8. The summed E-state index contributed by atoms with van der Waals surface area (Å²) in [7, 11) is 0. The number of carbonyl (C=O) groups is 2. The van der Waals surface area contributed by atoms with Crippen molar-refractivity contribution >= 4 is 23.2 Å². The van der Waals surface area contributed by atoms with E-state index in [-0.39, 0.29) is 17.2 Å². The molecule has 2 heterocycles. The minimum Gasteiger partial charge on any atom is -0.487 e. The smallest absolute Gasteiger partial charge is 0.387 e. The van der Waals surface area contributed by atoms with Crippen molar-refractivity contribution in [2.75, 3.05) is 26.2 Å². The lowest BCUT2D eigenvalue weighted by atomic mass is 10.1. The van der Waals surface area contributed by atoms with E-state index in [0.717, 1.165) is 10.7 Å². The average molecular weight is 488 g/mol. The van der Waals surface area contributed by atoms with E-state index in [1.807, 2.05) is 12.3 Å². The molecule has 1 aliphatic heterocycles. The zero-order valence-corrected chi connectivity index (χ0v) is 19.3. The Morgan fingerprint density at radius 2 is 1.65 bits per heavy atom. The molecule has 0 spiro atoms. The van der Waals surface area contributed by atoms with Gasteiger partial charge in [-0.15, -0.1) is 11.3 Å². The largest absolute Gasteiger partial charge is 0.487 e. The number of piperazine rings is 1. The number of alkyl halides is 2. The van der Waals surface area contributed by atoms with Crippen LogP contribution in [0.2, 0.25) is 0 Å². The van der Waals surface area contributed by atoms with Gasteiger partial charge in [0.15, 0.2) is 0 Å². The first-order chi connectivity index (χ1) is 16.4. The highest BCUT2D eigenvalue weighted by Gasteiger charge is 2.27. The van der Waals surface area contributed by atoms with E-state index in [9.17, 15) is 18.4 Å². The molecule has 10 heteroatoms. The van der Waals surface area contributed by atoms with Gasteiger partial charge in [0, 0.05) is 37.1 Å². The first kappa shape index (κ1) is 23.6. The molecule has 0 saturated carbocycles. The lowest BCUT2D eigenvalue weighted by molar-refractivity contribution is -0.0503. The number of amides is 2. The summed E-state index contributed by atoms with van der Waals surface area (Å²) >= 11 is 1.56. The second-order valence-corrected chi connectivity index (χ2v) is 8.69. The van der Waals surface area contributed by atoms with E-state index in [1.165, 1.54) is 23.1 Å². The molecule has 34 heavy (non-hydrogen) atoms. The van der Waals surface area contributed by atoms with E-state index >= 15 is 0 Å². The number of hydrogen-bond acceptors (Lipinski definition) is 6. The van der Waals surface area contributed by atoms with Crippen molar-refractivity contribution in [1.82, 2.24) is 14.8 Å². The van der Waals surface area contributed by atoms with Gasteiger partial charge in [-0.25, -0.2) is 4.98 Å². The van der Waals surface area contributed by atoms with Crippen LogP contribution >= 0.6 is 11.3 Å². The number of aromatic nitrogens is 1. The van der Waals surface area contributed by atoms with Crippen LogP contribution < -0.4 is 9.47 Å². The zero-order chi connectivity index (χ0) is 24.1. The Balaban J connectivity index is 1.31. The number of halogens is 2. The molecule has 1 fully saturated rings. The molecule has 178 valence electrons. The van der Waals surface area contributed by atoms with Crippen LogP contribution in [0.1, 0.15) is 31.4 Å². The molecule has 0 bridgehead atoms. The summed E-state index contributed by atoms with van der Waals surface area (Å²) in [5.41, 5.74) is 1.46. The molecule has 1 saturated heterocycles. The van der Waals surface area contributed by atoms with E-state index in [1.54, 1.807) is 46.6 Å². The third kappa shape index (κ3) is 5.69. The molecule has 0 aliphatic carbocycles. The van der Waals surface area contributed by atoms with Crippen LogP contribution in [0.15, 0.2) is 53.9 Å². The van der Waals surface area contributed by atoms with Gasteiger partial charge in [-0.1, -0.05) is 12.1 Å². The van der Waals surface area contributed by atoms with Crippen LogP contribution in [0.3, 0.4) is 0 Å². The summed E-state index contributed by atoms with van der Waals surface area (Å²) in [5, 5.41) is 2.93. The monoisotopic (exact) mass is 487 g/mol. The molecule has 2 amide bonds. The van der Waals surface area contributed by atoms with Gasteiger partial charge in [-0.2, -0.15) is 8.78 Å². The van der Waals surface area contributed by atoms with Crippen molar-refractivity contribution < 1.29 is 27.8 Å². The fourth-order valence-corrected chi connectivity index (χ4v) is 4.23. The number of ether oxygens (including phenoxy) is 2. The van der Waals surface area contributed by atoms with Crippen LogP contribution in [0.4, 0.5) is 8.78 Å². The molecule has 0 unspecified atom stereocenters. The third-order valence-electron chi connectivity index (χ3n) is 5.34. The maximum absolute atomic E-state index is 12.9. The summed E-state index contributed by atoms with van der Waals surface area (Å²) in [4.78, 5) is 33.3. The maximum atomic E-state index is 12.9. The molecular weight excluding hydrogens is 464 g/mol. The standard InChI is InChI=1S/C24H23F2N3O4S/c1-16-27-18(15-34-16)14-32-19-8-6-17(7-9-19)22(30)28-10-12-29(13-11-28)23(31)20-4-2-3-5-21(20)33-24(25)26/h2-9,15,24H,10-14H2,1H3. The van der Waals surface area contributed by atoms with Crippen LogP contribution in [-0.4, -0.2) is 59.4 Å². The SMILES string of the molecule is Cc1nc(COc2ccc(C(=O)N3CCN(C(=O)c4ccccc4OC(F)F)CC3)cc2)cs1. The van der Waals surface area contributed by atoms with E-state index < -0.39 is 12.5 Å². The molecule has 0 radical (unpaired) electrons. The van der Waals surface area contributed by atoms with Crippen molar-refractivity contribution in [2.45, 2.75) is 20.1 Å². The van der Waals surface area contributed by atoms with Gasteiger partial charge in [0.2, 0.25) is 0 Å². The number of para-hydroxylation sites is 1. The molecule has 0 N–H and O–H groups in total. The minimum absolute atomic E-state index is 0.0750. The molecular formula is C24H23F2N3O4S. The third-order valence-corrected chi connectivity index (χ3v) is 6.16. The molecule has 0 atom stereocenters. The molecule has 1 aromatic heterocycles. The molecule has 3 aromatic rings. The molecule has 4 rings (SSSR count). The Morgan fingerprint density at radius 3 is 2.26 bits per heavy atom. The van der Waals surface area contributed by atoms with Gasteiger partial charge in [-0.05, 0) is 43.3 Å². The minimum atomic E-state index is -3.02. The van der Waals surface area contributed by atoms with E-state index in [2.05, 4.69) is 9.72 Å². The van der Waals surface area contributed by atoms with Gasteiger partial charge in [0.05, 0.1) is 16.3 Å². The lowest BCUT2D eigenvalue weighted by Gasteiger charge is -2.35. The zero-order valence-electron chi connectivity index (χ0n) is 18.4. The molecule has 1 aliphatic rings. The van der Waals surface area contributed by atoms with Crippen molar-refractivity contribution in [3.63, 3.8) is 0 Å². The first-order valence-electron chi connectivity index (χ1n) is 10.7. The number of aryl methyl sites for hydroxylation is 1. The second-order valence-electron chi connectivity index (χ2n) is 7.63. The Kier molecular flexibility index (Phi) is 7.36. The summed E-state index contributed by atoms with van der Waals surface area (Å²) in [5.74, 6) is -0.0640. The Morgan fingerprint density at radius 1 is 1.00 bits per heavy atom. The fraction of sp³-hybridized carbons (Fsp3) is 0.292. The van der Waals surface area contributed by atoms with Crippen molar-refractivity contribution in [2.24, 2.45) is 0 Å². The number of rotatable bonds is 7. The van der Waals surface area contributed by atoms with Crippen LogP contribution in [0.25, 0.3) is 0 Å². The predicted octanol–water partition coefficient (Wildman–Crippen LogP) is 4.23. The highest BCUT2D eigenvalue weighted by Crippen LogP contribution is 2.23. The highest BCUT2D eigenvalue weighted by atomic mass is 32.1. The van der Waals surface area contributed by atoms with Crippen molar-refractivity contribution in [3.05, 3.63) is 75.7 Å². The summed E-state index contributed by atoms with van der Waals surface area (Å²) < 4.78 is 35.5. The number of benzene rings is 2. The lowest BCUT2D eigenvalue weighted by Crippen LogP contribution is -2.50. The summed E-state index contributed by atoms with van der Waals surface area (Å²) in [6.07, 6.45) is 0. The quantitative estimate of drug-likeness (QED) is 0.499. The first-order valence-corrected chi connectivity index (χ1v) is 11.5. The number of carbonyl (C=O) groups excluding carboxylic acids is 2. The average Bonchev–Trinajstić information content (AvgIpc) is 3.27. The van der Waals surface area contributed by atoms with Gasteiger partial charge in [-0.3, -0.25) is 9.59 Å². The Hall–Kier alpha value is -3.53. The predicted molar refractivity (Wildman–Crippen MR) is 123 cm³/mol.